The second-order valence-electron chi connectivity index (χ2n) is 4.77. The van der Waals surface area contributed by atoms with E-state index < -0.39 is 0 Å². The van der Waals surface area contributed by atoms with Gasteiger partial charge in [-0.3, -0.25) is 4.79 Å². The van der Waals surface area contributed by atoms with Crippen LogP contribution in [0.4, 0.5) is 0 Å². The van der Waals surface area contributed by atoms with Crippen LogP contribution in [0.3, 0.4) is 0 Å². The normalized spacial score (nSPS) is 11.4. The molecule has 0 amide bonds. The van der Waals surface area contributed by atoms with Crippen LogP contribution in [0.15, 0.2) is 28.7 Å². The van der Waals surface area contributed by atoms with Gasteiger partial charge in [-0.2, -0.15) is 0 Å². The first-order valence-corrected chi connectivity index (χ1v) is 7.79. The molecule has 2 nitrogen and oxygen atoms in total. The van der Waals surface area contributed by atoms with E-state index in [1.807, 2.05) is 13.0 Å². The lowest BCUT2D eigenvalue weighted by molar-refractivity contribution is -0.143. The van der Waals surface area contributed by atoms with E-state index in [0.717, 1.165) is 23.7 Å². The molecule has 1 rings (SSSR count). The summed E-state index contributed by atoms with van der Waals surface area (Å²) in [6.07, 6.45) is 3.36. The van der Waals surface area contributed by atoms with Crippen molar-refractivity contribution in [1.82, 2.24) is 0 Å². The molecule has 1 aromatic rings. The molecule has 1 aromatic carbocycles. The first kappa shape index (κ1) is 16.2. The van der Waals surface area contributed by atoms with E-state index in [-0.39, 0.29) is 11.4 Å². The van der Waals surface area contributed by atoms with Crippen molar-refractivity contribution in [3.8, 4) is 0 Å². The maximum atomic E-state index is 11.6. The van der Waals surface area contributed by atoms with Crippen molar-refractivity contribution >= 4 is 21.9 Å². The van der Waals surface area contributed by atoms with Crippen molar-refractivity contribution in [2.24, 2.45) is 0 Å². The number of carbonyl (C=O) groups excluding carboxylic acids is 1. The predicted molar refractivity (Wildman–Crippen MR) is 82.3 cm³/mol. The fraction of sp³-hybridized carbons (Fsp3) is 0.562. The van der Waals surface area contributed by atoms with Gasteiger partial charge < -0.3 is 4.74 Å². The molecule has 0 fully saturated rings. The highest BCUT2D eigenvalue weighted by atomic mass is 79.9. The van der Waals surface area contributed by atoms with Crippen LogP contribution in [0.25, 0.3) is 0 Å². The molecule has 0 saturated heterocycles. The summed E-state index contributed by atoms with van der Waals surface area (Å²) in [7, 11) is 0. The highest BCUT2D eigenvalue weighted by Gasteiger charge is 2.30. The second kappa shape index (κ2) is 7.68. The summed E-state index contributed by atoms with van der Waals surface area (Å²) in [4.78, 5) is 11.6. The summed E-state index contributed by atoms with van der Waals surface area (Å²) >= 11 is 3.64. The Morgan fingerprint density at radius 2 is 1.84 bits per heavy atom. The van der Waals surface area contributed by atoms with Gasteiger partial charge in [0.15, 0.2) is 0 Å². The summed E-state index contributed by atoms with van der Waals surface area (Å²) < 4.78 is 6.17. The lowest BCUT2D eigenvalue weighted by Crippen LogP contribution is -2.26. The maximum Gasteiger partial charge on any atom is 0.305 e. The van der Waals surface area contributed by atoms with Crippen LogP contribution in [0.5, 0.6) is 0 Å². The Morgan fingerprint density at radius 1 is 1.21 bits per heavy atom. The topological polar surface area (TPSA) is 26.3 Å². The van der Waals surface area contributed by atoms with Crippen molar-refractivity contribution in [2.75, 3.05) is 6.61 Å². The molecule has 3 heteroatoms. The van der Waals surface area contributed by atoms with Crippen molar-refractivity contribution in [2.45, 2.75) is 51.9 Å². The molecule has 0 saturated carbocycles. The standard InChI is InChI=1S/C16H23BrO2/c1-4-16(5-2,12-11-15(18)19-6-3)13-9-7-8-10-14(13)17/h7-10H,4-6,11-12H2,1-3H3. The maximum absolute atomic E-state index is 11.6. The van der Waals surface area contributed by atoms with Gasteiger partial charge in [0.05, 0.1) is 6.61 Å². The van der Waals surface area contributed by atoms with Crippen molar-refractivity contribution in [1.29, 1.82) is 0 Å². The number of rotatable bonds is 7. The van der Waals surface area contributed by atoms with Crippen molar-refractivity contribution < 1.29 is 9.53 Å². The predicted octanol–water partition coefficient (Wildman–Crippen LogP) is 4.85. The molecule has 0 aliphatic carbocycles. The first-order valence-electron chi connectivity index (χ1n) is 7.00. The lowest BCUT2D eigenvalue weighted by atomic mass is 9.72. The zero-order chi connectivity index (χ0) is 14.3. The van der Waals surface area contributed by atoms with Crippen LogP contribution < -0.4 is 0 Å². The Balaban J connectivity index is 2.91. The molecule has 19 heavy (non-hydrogen) atoms. The average Bonchev–Trinajstić information content (AvgIpc) is 2.42. The number of halogens is 1. The molecule has 0 unspecified atom stereocenters. The summed E-state index contributed by atoms with van der Waals surface area (Å²) in [6.45, 7) is 6.68. The third kappa shape index (κ3) is 4.07. The van der Waals surface area contributed by atoms with E-state index in [0.29, 0.717) is 13.0 Å². The molecule has 0 aliphatic rings. The lowest BCUT2D eigenvalue weighted by Gasteiger charge is -2.33. The fourth-order valence-corrected chi connectivity index (χ4v) is 3.29. The van der Waals surface area contributed by atoms with E-state index in [4.69, 9.17) is 4.74 Å². The number of esters is 1. The molecule has 106 valence electrons. The Bertz CT molecular complexity index is 411. The van der Waals surface area contributed by atoms with E-state index in [9.17, 15) is 4.79 Å². The van der Waals surface area contributed by atoms with Gasteiger partial charge in [-0.05, 0) is 43.2 Å². The van der Waals surface area contributed by atoms with Crippen molar-refractivity contribution in [3.63, 3.8) is 0 Å². The highest BCUT2D eigenvalue weighted by molar-refractivity contribution is 9.10. The van der Waals surface area contributed by atoms with Crippen LogP contribution in [0.1, 0.15) is 52.0 Å². The smallest absolute Gasteiger partial charge is 0.305 e. The SMILES string of the molecule is CCOC(=O)CCC(CC)(CC)c1ccccc1Br. The van der Waals surface area contributed by atoms with Crippen LogP contribution in [-0.4, -0.2) is 12.6 Å². The average molecular weight is 327 g/mol. The van der Waals surface area contributed by atoms with Gasteiger partial charge in [0.1, 0.15) is 0 Å². The Morgan fingerprint density at radius 3 is 2.37 bits per heavy atom. The van der Waals surface area contributed by atoms with Gasteiger partial charge in [0, 0.05) is 10.9 Å². The summed E-state index contributed by atoms with van der Waals surface area (Å²) in [5, 5.41) is 0. The molecule has 0 spiro atoms. The number of hydrogen-bond donors (Lipinski definition) is 0. The number of ether oxygens (including phenoxy) is 1. The van der Waals surface area contributed by atoms with Gasteiger partial charge in [0.25, 0.3) is 0 Å². The number of hydrogen-bond acceptors (Lipinski definition) is 2. The monoisotopic (exact) mass is 326 g/mol. The molecule has 0 aromatic heterocycles. The van der Waals surface area contributed by atoms with E-state index in [1.54, 1.807) is 0 Å². The second-order valence-corrected chi connectivity index (χ2v) is 5.63. The quantitative estimate of drug-likeness (QED) is 0.669. The van der Waals surface area contributed by atoms with E-state index in [1.165, 1.54) is 5.56 Å². The zero-order valence-corrected chi connectivity index (χ0v) is 13.6. The molecule has 0 radical (unpaired) electrons. The fourth-order valence-electron chi connectivity index (χ4n) is 2.58. The van der Waals surface area contributed by atoms with Gasteiger partial charge in [-0.15, -0.1) is 0 Å². The molecule has 0 bridgehead atoms. The summed E-state index contributed by atoms with van der Waals surface area (Å²) in [5.74, 6) is -0.0965. The van der Waals surface area contributed by atoms with Crippen LogP contribution >= 0.6 is 15.9 Å². The minimum atomic E-state index is -0.0965. The molecule has 0 N–H and O–H groups in total. The Kier molecular flexibility index (Phi) is 6.56. The molecular formula is C16H23BrO2. The Labute approximate surface area is 124 Å². The largest absolute Gasteiger partial charge is 0.466 e. The zero-order valence-electron chi connectivity index (χ0n) is 12.0. The highest BCUT2D eigenvalue weighted by Crippen LogP contribution is 2.40. The molecular weight excluding hydrogens is 304 g/mol. The molecule has 0 aliphatic heterocycles. The van der Waals surface area contributed by atoms with Gasteiger partial charge in [0.2, 0.25) is 0 Å². The van der Waals surface area contributed by atoms with Gasteiger partial charge in [-0.1, -0.05) is 48.0 Å². The third-order valence-corrected chi connectivity index (χ3v) is 4.60. The van der Waals surface area contributed by atoms with Gasteiger partial charge in [-0.25, -0.2) is 0 Å². The number of carbonyl (C=O) groups is 1. The summed E-state index contributed by atoms with van der Waals surface area (Å²) in [5.41, 5.74) is 1.34. The molecule has 0 heterocycles. The van der Waals surface area contributed by atoms with Crippen molar-refractivity contribution in [3.05, 3.63) is 34.3 Å². The summed E-state index contributed by atoms with van der Waals surface area (Å²) in [6, 6.07) is 8.31. The minimum Gasteiger partial charge on any atom is -0.466 e. The number of benzene rings is 1. The first-order chi connectivity index (χ1) is 9.09. The van der Waals surface area contributed by atoms with E-state index >= 15 is 0 Å². The Hall–Kier alpha value is -0.830. The third-order valence-electron chi connectivity index (χ3n) is 3.91. The minimum absolute atomic E-state index is 0.0485. The van der Waals surface area contributed by atoms with E-state index in [2.05, 4.69) is 48.0 Å². The van der Waals surface area contributed by atoms with Crippen LogP contribution in [-0.2, 0) is 14.9 Å². The van der Waals surface area contributed by atoms with Gasteiger partial charge >= 0.3 is 5.97 Å². The van der Waals surface area contributed by atoms with Crippen LogP contribution in [0.2, 0.25) is 0 Å². The molecule has 0 atom stereocenters. The van der Waals surface area contributed by atoms with Crippen LogP contribution in [0, 0.1) is 0 Å².